The molecule has 3 heteroatoms. The first-order valence-electron chi connectivity index (χ1n) is 5.82. The predicted octanol–water partition coefficient (Wildman–Crippen LogP) is 2.86. The Kier molecular flexibility index (Phi) is 2.51. The number of carbonyl (C=O) groups is 1. The molecule has 1 fully saturated rings. The number of nitrogens with zero attached hydrogens (tertiary/aromatic N) is 1. The van der Waals surface area contributed by atoms with Gasteiger partial charge in [-0.15, -0.1) is 0 Å². The summed E-state index contributed by atoms with van der Waals surface area (Å²) in [4.78, 5) is 14.3. The van der Waals surface area contributed by atoms with Crippen LogP contribution in [0.2, 0.25) is 0 Å². The fourth-order valence-electron chi connectivity index (χ4n) is 2.32. The van der Waals surface area contributed by atoms with Crippen LogP contribution in [-0.2, 0) is 6.42 Å². The smallest absolute Gasteiger partial charge is 0.254 e. The van der Waals surface area contributed by atoms with Gasteiger partial charge in [0.05, 0.1) is 0 Å². The summed E-state index contributed by atoms with van der Waals surface area (Å²) in [6, 6.07) is 5.91. The van der Waals surface area contributed by atoms with Crippen molar-refractivity contribution in [2.45, 2.75) is 19.3 Å². The highest BCUT2D eigenvalue weighted by Crippen LogP contribution is 2.32. The highest BCUT2D eigenvalue weighted by atomic mass is 79.9. The molecule has 0 saturated heterocycles. The molecule has 1 aromatic carbocycles. The van der Waals surface area contributed by atoms with Crippen molar-refractivity contribution in [1.29, 1.82) is 0 Å². The molecule has 16 heavy (non-hydrogen) atoms. The summed E-state index contributed by atoms with van der Waals surface area (Å²) in [5.74, 6) is 0.993. The number of fused-ring (bicyclic) bond motifs is 1. The van der Waals surface area contributed by atoms with E-state index in [1.807, 2.05) is 23.1 Å². The molecule has 1 heterocycles. The second kappa shape index (κ2) is 3.88. The van der Waals surface area contributed by atoms with E-state index in [1.165, 1.54) is 18.4 Å². The highest BCUT2D eigenvalue weighted by Gasteiger charge is 2.30. The molecular formula is C13H14BrNO. The quantitative estimate of drug-likeness (QED) is 0.815. The number of rotatable bonds is 2. The van der Waals surface area contributed by atoms with Crippen molar-refractivity contribution < 1.29 is 4.79 Å². The van der Waals surface area contributed by atoms with Gasteiger partial charge in [-0.2, -0.15) is 0 Å². The molecule has 0 atom stereocenters. The van der Waals surface area contributed by atoms with E-state index < -0.39 is 0 Å². The van der Waals surface area contributed by atoms with Gasteiger partial charge in [0.1, 0.15) is 0 Å². The normalized spacial score (nSPS) is 19.8. The number of amides is 1. The fourth-order valence-corrected chi connectivity index (χ4v) is 2.88. The minimum atomic E-state index is 0.217. The highest BCUT2D eigenvalue weighted by molar-refractivity contribution is 9.10. The zero-order valence-electron chi connectivity index (χ0n) is 9.08. The maximum absolute atomic E-state index is 12.2. The zero-order chi connectivity index (χ0) is 11.1. The summed E-state index contributed by atoms with van der Waals surface area (Å²) in [6.45, 7) is 1.84. The Hall–Kier alpha value is -0.830. The van der Waals surface area contributed by atoms with Crippen LogP contribution in [0.25, 0.3) is 0 Å². The lowest BCUT2D eigenvalue weighted by molar-refractivity contribution is 0.0731. The van der Waals surface area contributed by atoms with Gasteiger partial charge in [0.2, 0.25) is 0 Å². The molecule has 1 aromatic rings. The second-order valence-electron chi connectivity index (χ2n) is 4.71. The molecule has 0 aromatic heterocycles. The van der Waals surface area contributed by atoms with Gasteiger partial charge in [-0.25, -0.2) is 0 Å². The van der Waals surface area contributed by atoms with E-state index in [9.17, 15) is 4.79 Å². The van der Waals surface area contributed by atoms with E-state index in [2.05, 4.69) is 15.9 Å². The van der Waals surface area contributed by atoms with E-state index in [-0.39, 0.29) is 5.91 Å². The van der Waals surface area contributed by atoms with Gasteiger partial charge in [0.25, 0.3) is 5.91 Å². The monoisotopic (exact) mass is 279 g/mol. The second-order valence-corrected chi connectivity index (χ2v) is 5.56. The summed E-state index contributed by atoms with van der Waals surface area (Å²) in [6.07, 6.45) is 3.58. The van der Waals surface area contributed by atoms with Crippen molar-refractivity contribution >= 4 is 21.8 Å². The summed E-state index contributed by atoms with van der Waals surface area (Å²) in [7, 11) is 0. The minimum absolute atomic E-state index is 0.217. The zero-order valence-corrected chi connectivity index (χ0v) is 10.7. The number of carbonyl (C=O) groups excluding carboxylic acids is 1. The fraction of sp³-hybridized carbons (Fsp3) is 0.462. The number of halogens is 1. The van der Waals surface area contributed by atoms with Crippen LogP contribution in [0.5, 0.6) is 0 Å². The molecule has 3 rings (SSSR count). The Labute approximate surface area is 104 Å². The number of hydrogen-bond donors (Lipinski definition) is 0. The lowest BCUT2D eigenvalue weighted by Crippen LogP contribution is -2.39. The van der Waals surface area contributed by atoms with Crippen LogP contribution in [0, 0.1) is 5.92 Å². The summed E-state index contributed by atoms with van der Waals surface area (Å²) < 4.78 is 1.07. The SMILES string of the molecule is O=C1c2cccc(Br)c2CCN1CC1CC1. The molecule has 0 N–H and O–H groups in total. The number of hydrogen-bond acceptors (Lipinski definition) is 1. The standard InChI is InChI=1S/C13H14BrNO/c14-12-3-1-2-11-10(12)6-7-15(13(11)16)8-9-4-5-9/h1-3,9H,4-8H2. The number of benzene rings is 1. The van der Waals surface area contributed by atoms with Gasteiger partial charge in [-0.3, -0.25) is 4.79 Å². The molecule has 1 aliphatic heterocycles. The average Bonchev–Trinajstić information content (AvgIpc) is 3.07. The minimum Gasteiger partial charge on any atom is -0.338 e. The van der Waals surface area contributed by atoms with E-state index in [0.29, 0.717) is 0 Å². The van der Waals surface area contributed by atoms with Crippen molar-refractivity contribution in [3.8, 4) is 0 Å². The molecular weight excluding hydrogens is 266 g/mol. The van der Waals surface area contributed by atoms with Gasteiger partial charge in [0, 0.05) is 23.1 Å². The van der Waals surface area contributed by atoms with Crippen LogP contribution in [0.3, 0.4) is 0 Å². The van der Waals surface area contributed by atoms with Gasteiger partial charge in [-0.05, 0) is 42.9 Å². The molecule has 0 spiro atoms. The molecule has 2 aliphatic rings. The third-order valence-electron chi connectivity index (χ3n) is 3.44. The van der Waals surface area contributed by atoms with Gasteiger partial charge >= 0.3 is 0 Å². The molecule has 1 aliphatic carbocycles. The van der Waals surface area contributed by atoms with E-state index in [1.54, 1.807) is 0 Å². The van der Waals surface area contributed by atoms with Crippen molar-refractivity contribution in [2.24, 2.45) is 5.92 Å². The first-order valence-corrected chi connectivity index (χ1v) is 6.61. The Morgan fingerprint density at radius 2 is 2.19 bits per heavy atom. The van der Waals surface area contributed by atoms with Gasteiger partial charge in [0.15, 0.2) is 0 Å². The van der Waals surface area contributed by atoms with Crippen molar-refractivity contribution in [3.63, 3.8) is 0 Å². The predicted molar refractivity (Wildman–Crippen MR) is 66.5 cm³/mol. The average molecular weight is 280 g/mol. The molecule has 1 amide bonds. The van der Waals surface area contributed by atoms with Crippen LogP contribution in [0.1, 0.15) is 28.8 Å². The van der Waals surface area contributed by atoms with Gasteiger partial charge < -0.3 is 4.90 Å². The third kappa shape index (κ3) is 1.77. The molecule has 0 bridgehead atoms. The summed E-state index contributed by atoms with van der Waals surface area (Å²) >= 11 is 3.52. The molecule has 1 saturated carbocycles. The van der Waals surface area contributed by atoms with Crippen molar-refractivity contribution in [1.82, 2.24) is 4.90 Å². The first kappa shape index (κ1) is 10.3. The Balaban J connectivity index is 1.89. The molecule has 84 valence electrons. The van der Waals surface area contributed by atoms with Crippen molar-refractivity contribution in [2.75, 3.05) is 13.1 Å². The summed E-state index contributed by atoms with van der Waals surface area (Å²) in [5.41, 5.74) is 2.07. The Bertz CT molecular complexity index is 440. The van der Waals surface area contributed by atoms with Crippen LogP contribution >= 0.6 is 15.9 Å². The Morgan fingerprint density at radius 1 is 1.38 bits per heavy atom. The first-order chi connectivity index (χ1) is 7.75. The maximum Gasteiger partial charge on any atom is 0.254 e. The lowest BCUT2D eigenvalue weighted by Gasteiger charge is -2.29. The third-order valence-corrected chi connectivity index (χ3v) is 4.19. The largest absolute Gasteiger partial charge is 0.338 e. The molecule has 2 nitrogen and oxygen atoms in total. The van der Waals surface area contributed by atoms with Crippen LogP contribution in [0.4, 0.5) is 0 Å². The van der Waals surface area contributed by atoms with Crippen LogP contribution in [-0.4, -0.2) is 23.9 Å². The van der Waals surface area contributed by atoms with Gasteiger partial charge in [-0.1, -0.05) is 22.0 Å². The topological polar surface area (TPSA) is 20.3 Å². The van der Waals surface area contributed by atoms with Crippen LogP contribution < -0.4 is 0 Å². The maximum atomic E-state index is 12.2. The van der Waals surface area contributed by atoms with Crippen molar-refractivity contribution in [3.05, 3.63) is 33.8 Å². The Morgan fingerprint density at radius 3 is 2.94 bits per heavy atom. The summed E-state index contributed by atoms with van der Waals surface area (Å²) in [5, 5.41) is 0. The van der Waals surface area contributed by atoms with E-state index in [4.69, 9.17) is 0 Å². The van der Waals surface area contributed by atoms with E-state index in [0.717, 1.165) is 35.5 Å². The van der Waals surface area contributed by atoms with E-state index >= 15 is 0 Å². The van der Waals surface area contributed by atoms with Crippen LogP contribution in [0.15, 0.2) is 22.7 Å². The lowest BCUT2D eigenvalue weighted by atomic mass is 9.99. The molecule has 0 radical (unpaired) electrons. The molecule has 0 unspecified atom stereocenters.